The maximum absolute atomic E-state index is 5.28. The van der Waals surface area contributed by atoms with Crippen LogP contribution in [-0.2, 0) is 0 Å². The Bertz CT molecular complexity index is 4240. The molecule has 0 atom stereocenters. The first kappa shape index (κ1) is 38.8. The van der Waals surface area contributed by atoms with E-state index in [0.717, 1.165) is 106 Å². The second-order valence-electron chi connectivity index (χ2n) is 17.5. The van der Waals surface area contributed by atoms with Crippen molar-refractivity contribution in [2.75, 3.05) is 0 Å². The molecule has 0 aliphatic rings. The lowest BCUT2D eigenvalue weighted by atomic mass is 10.0. The number of hydrogen-bond acceptors (Lipinski definition) is 4. The molecule has 6 aromatic heterocycles. The molecule has 6 heterocycles. The third kappa shape index (κ3) is 6.29. The van der Waals surface area contributed by atoms with Crippen LogP contribution in [-0.4, -0.2) is 33.6 Å². The molecule has 0 fully saturated rings. The Hall–Kier alpha value is -9.46. The molecule has 0 saturated heterocycles. The Labute approximate surface area is 396 Å². The van der Waals surface area contributed by atoms with Gasteiger partial charge in [0.25, 0.3) is 0 Å². The lowest BCUT2D eigenvalue weighted by Gasteiger charge is -2.13. The molecule has 0 amide bonds. The number of rotatable bonds is 7. The first-order valence-electron chi connectivity index (χ1n) is 23.2. The molecular formula is C62H39N7. The van der Waals surface area contributed by atoms with Crippen molar-refractivity contribution >= 4 is 65.5 Å². The number of hydrogen-bond donors (Lipinski definition) is 0. The van der Waals surface area contributed by atoms with E-state index < -0.39 is 0 Å². The Morgan fingerprint density at radius 1 is 0.304 bits per heavy atom. The summed E-state index contributed by atoms with van der Waals surface area (Å²) in [5.74, 6) is 1.50. The third-order valence-electron chi connectivity index (χ3n) is 13.6. The van der Waals surface area contributed by atoms with Crippen molar-refractivity contribution < 1.29 is 0 Å². The van der Waals surface area contributed by atoms with Crippen LogP contribution in [0.2, 0.25) is 0 Å². The minimum absolute atomic E-state index is 0.683. The van der Waals surface area contributed by atoms with Gasteiger partial charge in [-0.2, -0.15) is 0 Å². The van der Waals surface area contributed by atoms with E-state index in [2.05, 4.69) is 202 Å². The summed E-state index contributed by atoms with van der Waals surface area (Å²) in [5.41, 5.74) is 16.9. The molecule has 14 aromatic rings. The van der Waals surface area contributed by atoms with Crippen LogP contribution in [0.25, 0.3) is 128 Å². The van der Waals surface area contributed by atoms with E-state index in [-0.39, 0.29) is 0 Å². The predicted octanol–water partition coefficient (Wildman–Crippen LogP) is 15.2. The van der Waals surface area contributed by atoms with Crippen LogP contribution in [0.3, 0.4) is 0 Å². The molecule has 0 radical (unpaired) electrons. The van der Waals surface area contributed by atoms with Gasteiger partial charge in [-0.3, -0.25) is 14.5 Å². The average molecular weight is 882 g/mol. The van der Waals surface area contributed by atoms with Gasteiger partial charge >= 0.3 is 0 Å². The third-order valence-corrected chi connectivity index (χ3v) is 13.6. The van der Waals surface area contributed by atoms with Crippen molar-refractivity contribution in [2.24, 2.45) is 0 Å². The van der Waals surface area contributed by atoms with Gasteiger partial charge < -0.3 is 9.13 Å². The van der Waals surface area contributed by atoms with Crippen molar-refractivity contribution in [1.29, 1.82) is 0 Å². The van der Waals surface area contributed by atoms with Gasteiger partial charge in [-0.1, -0.05) is 140 Å². The molecule has 14 rings (SSSR count). The van der Waals surface area contributed by atoms with Gasteiger partial charge in [0.05, 0.1) is 56.2 Å². The van der Waals surface area contributed by atoms with Crippen LogP contribution in [0, 0.1) is 0 Å². The molecule has 8 aromatic carbocycles. The number of fused-ring (bicyclic) bond motifs is 9. The highest BCUT2D eigenvalue weighted by molar-refractivity contribution is 6.13. The van der Waals surface area contributed by atoms with Gasteiger partial charge in [0.2, 0.25) is 0 Å². The van der Waals surface area contributed by atoms with E-state index in [9.17, 15) is 0 Å². The van der Waals surface area contributed by atoms with E-state index in [0.29, 0.717) is 5.82 Å². The van der Waals surface area contributed by atoms with Crippen molar-refractivity contribution in [3.05, 3.63) is 237 Å². The molecule has 0 aliphatic carbocycles. The first-order chi connectivity index (χ1) is 34.2. The summed E-state index contributed by atoms with van der Waals surface area (Å²) >= 11 is 0. The maximum atomic E-state index is 5.28. The van der Waals surface area contributed by atoms with E-state index in [1.807, 2.05) is 48.9 Å². The zero-order chi connectivity index (χ0) is 45.4. The van der Waals surface area contributed by atoms with E-state index in [1.54, 1.807) is 0 Å². The molecule has 0 spiro atoms. The van der Waals surface area contributed by atoms with E-state index in [4.69, 9.17) is 19.9 Å². The summed E-state index contributed by atoms with van der Waals surface area (Å²) in [6.45, 7) is 0. The number of aromatic nitrogens is 7. The van der Waals surface area contributed by atoms with Gasteiger partial charge in [0.1, 0.15) is 5.82 Å². The number of benzene rings is 8. The SMILES string of the molecule is c1ccc(-c2cc(-n3c4ccccc4c4ccc(-c5ccc6c(c5)c5ccccc5n6-c5cncc(-c6ccc7c(c6)c6ncccc6n7-c6ccccc6)c5)cc43)nc(-c3ccccc3)n2)cc1. The van der Waals surface area contributed by atoms with Crippen molar-refractivity contribution in [2.45, 2.75) is 0 Å². The van der Waals surface area contributed by atoms with Gasteiger partial charge in [-0.25, -0.2) is 9.97 Å². The molecule has 69 heavy (non-hydrogen) atoms. The van der Waals surface area contributed by atoms with Gasteiger partial charge in [0.15, 0.2) is 5.82 Å². The minimum atomic E-state index is 0.683. The summed E-state index contributed by atoms with van der Waals surface area (Å²) in [6, 6.07) is 77.3. The smallest absolute Gasteiger partial charge is 0.162 e. The molecule has 322 valence electrons. The summed E-state index contributed by atoms with van der Waals surface area (Å²) in [6.07, 6.45) is 5.81. The van der Waals surface area contributed by atoms with Crippen LogP contribution in [0.5, 0.6) is 0 Å². The topological polar surface area (TPSA) is 66.3 Å². The summed E-state index contributed by atoms with van der Waals surface area (Å²) in [7, 11) is 0. The average Bonchev–Trinajstić information content (AvgIpc) is 4.06. The van der Waals surface area contributed by atoms with Crippen molar-refractivity contribution in [3.63, 3.8) is 0 Å². The second-order valence-corrected chi connectivity index (χ2v) is 17.5. The van der Waals surface area contributed by atoms with E-state index >= 15 is 0 Å². The van der Waals surface area contributed by atoms with Gasteiger partial charge in [-0.15, -0.1) is 0 Å². The fraction of sp³-hybridized carbons (Fsp3) is 0. The van der Waals surface area contributed by atoms with Crippen molar-refractivity contribution in [3.8, 4) is 62.1 Å². The van der Waals surface area contributed by atoms with Crippen LogP contribution in [0.1, 0.15) is 0 Å². The molecule has 7 nitrogen and oxygen atoms in total. The quantitative estimate of drug-likeness (QED) is 0.160. The first-order valence-corrected chi connectivity index (χ1v) is 23.2. The van der Waals surface area contributed by atoms with E-state index in [1.165, 1.54) is 16.2 Å². The van der Waals surface area contributed by atoms with Gasteiger partial charge in [0, 0.05) is 67.8 Å². The lowest BCUT2D eigenvalue weighted by Crippen LogP contribution is -2.02. The number of para-hydroxylation sites is 3. The van der Waals surface area contributed by atoms with Crippen LogP contribution >= 0.6 is 0 Å². The molecular weight excluding hydrogens is 843 g/mol. The Morgan fingerprint density at radius 3 is 1.65 bits per heavy atom. The number of nitrogens with zero attached hydrogens (tertiary/aromatic N) is 7. The zero-order valence-electron chi connectivity index (χ0n) is 37.1. The Morgan fingerprint density at radius 2 is 0.870 bits per heavy atom. The largest absolute Gasteiger partial charge is 0.308 e. The standard InChI is InChI=1S/C62H39N7/c1-4-15-40(16-5-1)53-37-60(66-62(65-53)41-17-6-2-7-18-41)69-55-24-13-10-21-48(55)50-29-26-44(36-59(50)69)42-27-30-56-51(34-42)49-22-11-12-23-54(49)68(56)47-33-45(38-63-39-47)43-28-31-57-52(35-43)61-58(25-14-32-64-61)67(57)46-19-8-3-9-20-46/h1-39H. The Kier molecular flexibility index (Phi) is 8.75. The zero-order valence-corrected chi connectivity index (χ0v) is 37.1. The van der Waals surface area contributed by atoms with Crippen LogP contribution < -0.4 is 0 Å². The summed E-state index contributed by atoms with van der Waals surface area (Å²) in [4.78, 5) is 20.1. The second kappa shape index (κ2) is 15.6. The van der Waals surface area contributed by atoms with Crippen LogP contribution in [0.15, 0.2) is 237 Å². The summed E-state index contributed by atoms with van der Waals surface area (Å²) in [5, 5.41) is 5.79. The molecule has 7 heteroatoms. The molecule has 0 unspecified atom stereocenters. The molecule has 0 bridgehead atoms. The highest BCUT2D eigenvalue weighted by Crippen LogP contribution is 2.40. The summed E-state index contributed by atoms with van der Waals surface area (Å²) < 4.78 is 6.94. The minimum Gasteiger partial charge on any atom is -0.308 e. The van der Waals surface area contributed by atoms with Gasteiger partial charge in [-0.05, 0) is 89.5 Å². The molecule has 0 aliphatic heterocycles. The Balaban J connectivity index is 0.900. The monoisotopic (exact) mass is 881 g/mol. The highest BCUT2D eigenvalue weighted by Gasteiger charge is 2.20. The maximum Gasteiger partial charge on any atom is 0.162 e. The predicted molar refractivity (Wildman–Crippen MR) is 282 cm³/mol. The van der Waals surface area contributed by atoms with Crippen LogP contribution in [0.4, 0.5) is 0 Å². The van der Waals surface area contributed by atoms with Crippen molar-refractivity contribution in [1.82, 2.24) is 33.6 Å². The number of pyridine rings is 2. The highest BCUT2D eigenvalue weighted by atomic mass is 15.1. The fourth-order valence-electron chi connectivity index (χ4n) is 10.4. The molecule has 0 N–H and O–H groups in total. The molecule has 0 saturated carbocycles. The fourth-order valence-corrected chi connectivity index (χ4v) is 10.4. The lowest BCUT2D eigenvalue weighted by molar-refractivity contribution is 1.05. The normalized spacial score (nSPS) is 11.8.